The summed E-state index contributed by atoms with van der Waals surface area (Å²) in [6.45, 7) is 3.53. The number of hydrogen-bond acceptors (Lipinski definition) is 3. The van der Waals surface area contributed by atoms with Crippen LogP contribution in [0.5, 0.6) is 5.75 Å². The second-order valence-corrected chi connectivity index (χ2v) is 5.39. The number of hydrogen-bond donors (Lipinski definition) is 1. The van der Waals surface area contributed by atoms with Crippen molar-refractivity contribution in [1.82, 2.24) is 9.55 Å². The molecule has 0 aliphatic carbocycles. The Morgan fingerprint density at radius 2 is 2.32 bits per heavy atom. The number of nitrogens with zero attached hydrogens (tertiary/aromatic N) is 2. The lowest BCUT2D eigenvalue weighted by Crippen LogP contribution is -2.09. The molecule has 0 amide bonds. The van der Waals surface area contributed by atoms with Crippen molar-refractivity contribution in [2.24, 2.45) is 5.73 Å². The first kappa shape index (κ1) is 14.1. The van der Waals surface area contributed by atoms with E-state index in [2.05, 4.69) is 20.9 Å². The van der Waals surface area contributed by atoms with Gasteiger partial charge in [-0.2, -0.15) is 0 Å². The molecule has 102 valence electrons. The fraction of sp³-hybridized carbons (Fsp3) is 0.357. The van der Waals surface area contributed by atoms with Crippen LogP contribution in [0, 0.1) is 0 Å². The zero-order valence-corrected chi connectivity index (χ0v) is 12.5. The van der Waals surface area contributed by atoms with Crippen LogP contribution in [0.25, 0.3) is 0 Å². The number of ether oxygens (including phenoxy) is 1. The van der Waals surface area contributed by atoms with E-state index in [9.17, 15) is 0 Å². The summed E-state index contributed by atoms with van der Waals surface area (Å²) in [7, 11) is 0. The average molecular weight is 324 g/mol. The lowest BCUT2D eigenvalue weighted by molar-refractivity contribution is 0.297. The Morgan fingerprint density at radius 1 is 1.47 bits per heavy atom. The molecule has 1 heterocycles. The predicted octanol–water partition coefficient (Wildman–Crippen LogP) is 3.13. The van der Waals surface area contributed by atoms with E-state index in [4.69, 9.17) is 10.5 Å². The fourth-order valence-corrected chi connectivity index (χ4v) is 2.20. The van der Waals surface area contributed by atoms with Crippen LogP contribution in [-0.2, 0) is 6.54 Å². The Morgan fingerprint density at radius 3 is 3.00 bits per heavy atom. The minimum atomic E-state index is -0.0308. The zero-order valence-electron chi connectivity index (χ0n) is 10.9. The molecule has 2 N–H and O–H groups in total. The number of aryl methyl sites for hydroxylation is 1. The van der Waals surface area contributed by atoms with E-state index in [1.807, 2.05) is 42.2 Å². The number of aromatic nitrogens is 2. The van der Waals surface area contributed by atoms with Gasteiger partial charge in [-0.25, -0.2) is 4.98 Å². The number of imidazole rings is 1. The molecule has 0 spiro atoms. The quantitative estimate of drug-likeness (QED) is 0.831. The summed E-state index contributed by atoms with van der Waals surface area (Å²) in [4.78, 5) is 4.01. The standard InChI is InChI=1S/C14H18BrN3O/c1-11(16)13-4-3-12(15)9-14(13)19-8-2-6-18-7-5-17-10-18/h3-5,7,9-11H,2,6,8,16H2,1H3/t11-/m0/s1. The third-order valence-corrected chi connectivity index (χ3v) is 3.34. The van der Waals surface area contributed by atoms with E-state index in [0.717, 1.165) is 28.8 Å². The molecule has 1 aromatic carbocycles. The Bertz CT molecular complexity index is 511. The van der Waals surface area contributed by atoms with E-state index in [1.165, 1.54) is 0 Å². The van der Waals surface area contributed by atoms with Crippen LogP contribution >= 0.6 is 15.9 Å². The molecular formula is C14H18BrN3O. The lowest BCUT2D eigenvalue weighted by atomic mass is 10.1. The number of rotatable bonds is 6. The van der Waals surface area contributed by atoms with Crippen LogP contribution in [0.3, 0.4) is 0 Å². The van der Waals surface area contributed by atoms with Crippen molar-refractivity contribution < 1.29 is 4.74 Å². The third-order valence-electron chi connectivity index (χ3n) is 2.84. The SMILES string of the molecule is C[C@H](N)c1ccc(Br)cc1OCCCn1ccnc1. The smallest absolute Gasteiger partial charge is 0.125 e. The van der Waals surface area contributed by atoms with Crippen LogP contribution in [-0.4, -0.2) is 16.2 Å². The lowest BCUT2D eigenvalue weighted by Gasteiger charge is -2.14. The van der Waals surface area contributed by atoms with Crippen molar-refractivity contribution in [3.8, 4) is 5.75 Å². The Hall–Kier alpha value is -1.33. The number of nitrogens with two attached hydrogens (primary N) is 1. The van der Waals surface area contributed by atoms with Crippen LogP contribution in [0.4, 0.5) is 0 Å². The van der Waals surface area contributed by atoms with E-state index in [0.29, 0.717) is 6.61 Å². The van der Waals surface area contributed by atoms with Crippen LogP contribution in [0.1, 0.15) is 24.9 Å². The molecule has 1 aromatic heterocycles. The Labute approximate surface area is 121 Å². The topological polar surface area (TPSA) is 53.1 Å². The molecule has 0 fully saturated rings. The van der Waals surface area contributed by atoms with Crippen molar-refractivity contribution in [2.45, 2.75) is 25.9 Å². The summed E-state index contributed by atoms with van der Waals surface area (Å²) in [6.07, 6.45) is 6.48. The molecule has 4 nitrogen and oxygen atoms in total. The zero-order chi connectivity index (χ0) is 13.7. The monoisotopic (exact) mass is 323 g/mol. The van der Waals surface area contributed by atoms with E-state index in [1.54, 1.807) is 6.20 Å². The van der Waals surface area contributed by atoms with Gasteiger partial charge in [0.2, 0.25) is 0 Å². The second-order valence-electron chi connectivity index (χ2n) is 4.47. The first-order chi connectivity index (χ1) is 9.16. The average Bonchev–Trinajstić information content (AvgIpc) is 2.87. The van der Waals surface area contributed by atoms with Gasteiger partial charge in [-0.3, -0.25) is 0 Å². The summed E-state index contributed by atoms with van der Waals surface area (Å²) >= 11 is 3.45. The normalized spacial score (nSPS) is 12.4. The minimum absolute atomic E-state index is 0.0308. The molecule has 0 saturated carbocycles. The molecule has 0 aliphatic rings. The highest BCUT2D eigenvalue weighted by molar-refractivity contribution is 9.10. The van der Waals surface area contributed by atoms with Gasteiger partial charge in [-0.15, -0.1) is 0 Å². The molecule has 0 saturated heterocycles. The van der Waals surface area contributed by atoms with Crippen LogP contribution in [0.2, 0.25) is 0 Å². The van der Waals surface area contributed by atoms with Gasteiger partial charge < -0.3 is 15.0 Å². The molecular weight excluding hydrogens is 306 g/mol. The molecule has 1 atom stereocenters. The molecule has 0 aliphatic heterocycles. The second kappa shape index (κ2) is 6.73. The Kier molecular flexibility index (Phi) is 4.99. The predicted molar refractivity (Wildman–Crippen MR) is 79.1 cm³/mol. The molecule has 2 rings (SSSR count). The van der Waals surface area contributed by atoms with Crippen molar-refractivity contribution in [2.75, 3.05) is 6.61 Å². The first-order valence-corrected chi connectivity index (χ1v) is 7.09. The van der Waals surface area contributed by atoms with Crippen LogP contribution < -0.4 is 10.5 Å². The molecule has 2 aromatic rings. The van der Waals surface area contributed by atoms with E-state index in [-0.39, 0.29) is 6.04 Å². The van der Waals surface area contributed by atoms with Gasteiger partial charge in [-0.05, 0) is 25.5 Å². The summed E-state index contributed by atoms with van der Waals surface area (Å²) in [5.74, 6) is 0.856. The van der Waals surface area contributed by atoms with E-state index < -0.39 is 0 Å². The minimum Gasteiger partial charge on any atom is -0.493 e. The Balaban J connectivity index is 1.89. The van der Waals surface area contributed by atoms with Gasteiger partial charge >= 0.3 is 0 Å². The maximum Gasteiger partial charge on any atom is 0.125 e. The highest BCUT2D eigenvalue weighted by Crippen LogP contribution is 2.27. The highest BCUT2D eigenvalue weighted by Gasteiger charge is 2.08. The van der Waals surface area contributed by atoms with Gasteiger partial charge in [0, 0.05) is 35.0 Å². The van der Waals surface area contributed by atoms with Crippen molar-refractivity contribution in [3.05, 3.63) is 47.0 Å². The molecule has 0 bridgehead atoms. The van der Waals surface area contributed by atoms with Crippen molar-refractivity contribution in [3.63, 3.8) is 0 Å². The summed E-state index contributed by atoms with van der Waals surface area (Å²) in [5, 5.41) is 0. The van der Waals surface area contributed by atoms with Crippen molar-refractivity contribution >= 4 is 15.9 Å². The molecule has 5 heteroatoms. The fourth-order valence-electron chi connectivity index (χ4n) is 1.86. The van der Waals surface area contributed by atoms with Crippen LogP contribution in [0.15, 0.2) is 41.4 Å². The maximum atomic E-state index is 5.94. The number of benzene rings is 1. The van der Waals surface area contributed by atoms with Gasteiger partial charge in [-0.1, -0.05) is 22.0 Å². The van der Waals surface area contributed by atoms with E-state index >= 15 is 0 Å². The summed E-state index contributed by atoms with van der Waals surface area (Å²) in [5.41, 5.74) is 6.97. The van der Waals surface area contributed by atoms with Gasteiger partial charge in [0.25, 0.3) is 0 Å². The van der Waals surface area contributed by atoms with Gasteiger partial charge in [0.15, 0.2) is 0 Å². The highest BCUT2D eigenvalue weighted by atomic mass is 79.9. The molecule has 19 heavy (non-hydrogen) atoms. The first-order valence-electron chi connectivity index (χ1n) is 6.30. The summed E-state index contributed by atoms with van der Waals surface area (Å²) < 4.78 is 8.87. The largest absolute Gasteiger partial charge is 0.493 e. The molecule has 0 unspecified atom stereocenters. The third kappa shape index (κ3) is 4.08. The number of halogens is 1. The maximum absolute atomic E-state index is 5.94. The van der Waals surface area contributed by atoms with Gasteiger partial charge in [0.05, 0.1) is 12.9 Å². The van der Waals surface area contributed by atoms with Crippen molar-refractivity contribution in [1.29, 1.82) is 0 Å². The van der Waals surface area contributed by atoms with Gasteiger partial charge in [0.1, 0.15) is 5.75 Å². The summed E-state index contributed by atoms with van der Waals surface area (Å²) in [6, 6.07) is 5.92. The molecule has 0 radical (unpaired) electrons.